The molecule has 3 heterocycles. The first-order chi connectivity index (χ1) is 13.8. The van der Waals surface area contributed by atoms with Crippen molar-refractivity contribution in [1.29, 1.82) is 0 Å². The highest BCUT2D eigenvalue weighted by atomic mass is 79.9. The maximum atomic E-state index is 13.0. The van der Waals surface area contributed by atoms with Crippen molar-refractivity contribution in [2.75, 3.05) is 26.2 Å². The molecule has 29 heavy (non-hydrogen) atoms. The zero-order valence-electron chi connectivity index (χ0n) is 16.0. The Labute approximate surface area is 177 Å². The summed E-state index contributed by atoms with van der Waals surface area (Å²) >= 11 is 3.31. The predicted octanol–water partition coefficient (Wildman–Crippen LogP) is 2.26. The molecule has 0 bridgehead atoms. The molecule has 0 N–H and O–H groups in total. The van der Waals surface area contributed by atoms with Gasteiger partial charge in [0.05, 0.1) is 21.8 Å². The normalized spacial score (nSPS) is 15.8. The van der Waals surface area contributed by atoms with Gasteiger partial charge < -0.3 is 4.90 Å². The molecule has 1 aromatic carbocycles. The number of amides is 1. The quantitative estimate of drug-likeness (QED) is 0.577. The molecule has 1 saturated heterocycles. The van der Waals surface area contributed by atoms with E-state index in [9.17, 15) is 13.2 Å². The lowest BCUT2D eigenvalue weighted by molar-refractivity contribution is 0.0696. The number of aromatic nitrogens is 3. The number of rotatable bonds is 3. The number of benzene rings is 1. The highest BCUT2D eigenvalue weighted by molar-refractivity contribution is 9.10. The lowest BCUT2D eigenvalue weighted by Crippen LogP contribution is -2.50. The van der Waals surface area contributed by atoms with E-state index in [1.807, 2.05) is 19.9 Å². The maximum absolute atomic E-state index is 13.0. The lowest BCUT2D eigenvalue weighted by Gasteiger charge is -2.34. The van der Waals surface area contributed by atoms with Crippen molar-refractivity contribution < 1.29 is 13.2 Å². The molecule has 1 fully saturated rings. The van der Waals surface area contributed by atoms with Crippen molar-refractivity contribution in [3.8, 4) is 0 Å². The van der Waals surface area contributed by atoms with E-state index < -0.39 is 10.0 Å². The van der Waals surface area contributed by atoms with Crippen molar-refractivity contribution in [2.24, 2.45) is 0 Å². The molecule has 0 aliphatic carbocycles. The molecule has 1 aliphatic rings. The minimum atomic E-state index is -3.59. The Morgan fingerprint density at radius 2 is 1.83 bits per heavy atom. The molecule has 152 valence electrons. The van der Waals surface area contributed by atoms with Crippen molar-refractivity contribution in [2.45, 2.75) is 18.7 Å². The van der Waals surface area contributed by atoms with Crippen molar-refractivity contribution in [3.05, 3.63) is 58.0 Å². The number of carbonyl (C=O) groups is 1. The van der Waals surface area contributed by atoms with Gasteiger partial charge in [-0.2, -0.15) is 9.40 Å². The summed E-state index contributed by atoms with van der Waals surface area (Å²) in [4.78, 5) is 19.2. The number of fused-ring (bicyclic) bond motifs is 1. The van der Waals surface area contributed by atoms with E-state index in [4.69, 9.17) is 0 Å². The SMILES string of the molecule is Cc1cc2ncc(C(=O)N3CCN(S(=O)(=O)c4cccc(Br)c4)CC3)c(C)n2n1. The van der Waals surface area contributed by atoms with Crippen molar-refractivity contribution in [3.63, 3.8) is 0 Å². The third kappa shape index (κ3) is 3.67. The molecular weight excluding hydrogens is 458 g/mol. The van der Waals surface area contributed by atoms with Crippen LogP contribution in [0.25, 0.3) is 5.65 Å². The standard InChI is InChI=1S/C19H20BrN5O3S/c1-13-10-18-21-12-17(14(2)25(18)22-13)19(26)23-6-8-24(9-7-23)29(27,28)16-5-3-4-15(20)11-16/h3-5,10-12H,6-9H2,1-2H3. The van der Waals surface area contributed by atoms with Crippen LogP contribution in [0.5, 0.6) is 0 Å². The maximum Gasteiger partial charge on any atom is 0.257 e. The van der Waals surface area contributed by atoms with E-state index in [0.29, 0.717) is 28.8 Å². The van der Waals surface area contributed by atoms with Gasteiger partial charge in [0.2, 0.25) is 10.0 Å². The molecule has 0 unspecified atom stereocenters. The summed E-state index contributed by atoms with van der Waals surface area (Å²) in [6.07, 6.45) is 1.57. The molecule has 2 aromatic heterocycles. The predicted molar refractivity (Wildman–Crippen MR) is 111 cm³/mol. The summed E-state index contributed by atoms with van der Waals surface area (Å²) in [6, 6.07) is 8.49. The molecule has 0 radical (unpaired) electrons. The first-order valence-electron chi connectivity index (χ1n) is 9.14. The number of carbonyl (C=O) groups excluding carboxylic acids is 1. The monoisotopic (exact) mass is 477 g/mol. The fraction of sp³-hybridized carbons (Fsp3) is 0.316. The Bertz CT molecular complexity index is 1200. The van der Waals surface area contributed by atoms with Crippen LogP contribution in [0.4, 0.5) is 0 Å². The first-order valence-corrected chi connectivity index (χ1v) is 11.4. The minimum Gasteiger partial charge on any atom is -0.336 e. The van der Waals surface area contributed by atoms with E-state index in [-0.39, 0.29) is 23.9 Å². The number of halogens is 1. The van der Waals surface area contributed by atoms with E-state index in [1.54, 1.807) is 39.9 Å². The van der Waals surface area contributed by atoms with Crippen LogP contribution in [0.3, 0.4) is 0 Å². The molecule has 1 amide bonds. The summed E-state index contributed by atoms with van der Waals surface area (Å²) in [5.41, 5.74) is 2.72. The van der Waals surface area contributed by atoms with Crippen LogP contribution in [0.1, 0.15) is 21.7 Å². The second kappa shape index (κ2) is 7.51. The Kier molecular flexibility index (Phi) is 5.18. The first kappa shape index (κ1) is 20.0. The second-order valence-electron chi connectivity index (χ2n) is 6.97. The number of hydrogen-bond acceptors (Lipinski definition) is 5. The van der Waals surface area contributed by atoms with Crippen LogP contribution in [0.15, 0.2) is 45.9 Å². The van der Waals surface area contributed by atoms with Crippen LogP contribution >= 0.6 is 15.9 Å². The highest BCUT2D eigenvalue weighted by Crippen LogP contribution is 2.22. The van der Waals surface area contributed by atoms with Crippen LogP contribution in [0, 0.1) is 13.8 Å². The molecule has 10 heteroatoms. The molecule has 3 aromatic rings. The van der Waals surface area contributed by atoms with Gasteiger partial charge in [-0.1, -0.05) is 22.0 Å². The third-order valence-corrected chi connectivity index (χ3v) is 7.42. The van der Waals surface area contributed by atoms with E-state index in [2.05, 4.69) is 26.0 Å². The van der Waals surface area contributed by atoms with E-state index >= 15 is 0 Å². The number of hydrogen-bond donors (Lipinski definition) is 0. The van der Waals surface area contributed by atoms with Crippen LogP contribution in [-0.2, 0) is 10.0 Å². The minimum absolute atomic E-state index is 0.162. The Morgan fingerprint density at radius 1 is 1.10 bits per heavy atom. The number of aryl methyl sites for hydroxylation is 2. The number of nitrogens with zero attached hydrogens (tertiary/aromatic N) is 5. The zero-order chi connectivity index (χ0) is 20.8. The van der Waals surface area contributed by atoms with Crippen molar-refractivity contribution in [1.82, 2.24) is 23.8 Å². The topological polar surface area (TPSA) is 87.9 Å². The fourth-order valence-electron chi connectivity index (χ4n) is 3.45. The van der Waals surface area contributed by atoms with Gasteiger partial charge in [0.25, 0.3) is 5.91 Å². The smallest absolute Gasteiger partial charge is 0.257 e. The summed E-state index contributed by atoms with van der Waals surface area (Å²) in [7, 11) is -3.59. The molecule has 0 spiro atoms. The zero-order valence-corrected chi connectivity index (χ0v) is 18.4. The van der Waals surface area contributed by atoms with Crippen molar-refractivity contribution >= 4 is 37.5 Å². The second-order valence-corrected chi connectivity index (χ2v) is 9.82. The molecular formula is C19H20BrN5O3S. The molecule has 8 nitrogen and oxygen atoms in total. The molecule has 0 saturated carbocycles. The Hall–Kier alpha value is -2.30. The van der Waals surface area contributed by atoms with E-state index in [0.717, 1.165) is 11.4 Å². The lowest BCUT2D eigenvalue weighted by atomic mass is 10.2. The van der Waals surface area contributed by atoms with Crippen LogP contribution < -0.4 is 0 Å². The fourth-order valence-corrected chi connectivity index (χ4v) is 5.47. The largest absolute Gasteiger partial charge is 0.336 e. The Balaban J connectivity index is 1.51. The molecule has 4 rings (SSSR count). The van der Waals surface area contributed by atoms with Gasteiger partial charge in [0, 0.05) is 42.9 Å². The van der Waals surface area contributed by atoms with E-state index in [1.165, 1.54) is 4.31 Å². The van der Waals surface area contributed by atoms with Gasteiger partial charge >= 0.3 is 0 Å². The summed E-state index contributed by atoms with van der Waals surface area (Å²) in [6.45, 7) is 4.85. The third-order valence-electron chi connectivity index (χ3n) is 5.04. The van der Waals surface area contributed by atoms with Gasteiger partial charge in [-0.25, -0.2) is 17.9 Å². The number of piperazine rings is 1. The van der Waals surface area contributed by atoms with Crippen LogP contribution in [0.2, 0.25) is 0 Å². The number of sulfonamides is 1. The summed E-state index contributed by atoms with van der Waals surface area (Å²) < 4.78 is 29.5. The van der Waals surface area contributed by atoms with Gasteiger partial charge in [-0.05, 0) is 32.0 Å². The highest BCUT2D eigenvalue weighted by Gasteiger charge is 2.31. The summed E-state index contributed by atoms with van der Waals surface area (Å²) in [5, 5.41) is 4.38. The molecule has 0 atom stereocenters. The molecule has 1 aliphatic heterocycles. The average Bonchev–Trinajstić information content (AvgIpc) is 3.09. The summed E-state index contributed by atoms with van der Waals surface area (Å²) in [5.74, 6) is -0.162. The van der Waals surface area contributed by atoms with Gasteiger partial charge in [-0.3, -0.25) is 4.79 Å². The average molecular weight is 478 g/mol. The van der Waals surface area contributed by atoms with Gasteiger partial charge in [-0.15, -0.1) is 0 Å². The van der Waals surface area contributed by atoms with Gasteiger partial charge in [0.1, 0.15) is 0 Å². The van der Waals surface area contributed by atoms with Crippen LogP contribution in [-0.4, -0.2) is 64.3 Å². The Morgan fingerprint density at radius 3 is 2.52 bits per heavy atom. The van der Waals surface area contributed by atoms with Gasteiger partial charge in [0.15, 0.2) is 5.65 Å².